The molecule has 0 aliphatic carbocycles. The fourth-order valence-electron chi connectivity index (χ4n) is 5.70. The monoisotopic (exact) mass is 574 g/mol. The molecule has 0 spiro atoms. The average Bonchev–Trinajstić information content (AvgIpc) is 2.96. The molecule has 0 rings (SSSR count). The number of aliphatic hydroxyl groups is 5. The molecule has 5 unspecified atom stereocenters. The third-order valence-corrected chi connectivity index (χ3v) is 8.62. The van der Waals surface area contributed by atoms with Crippen molar-refractivity contribution in [2.24, 2.45) is 5.92 Å². The lowest BCUT2D eigenvalue weighted by atomic mass is 9.93. The van der Waals surface area contributed by atoms with Crippen LogP contribution in [0, 0.1) is 5.92 Å². The van der Waals surface area contributed by atoms with E-state index >= 15 is 0 Å². The van der Waals surface area contributed by atoms with Crippen LogP contribution in [0.15, 0.2) is 0 Å². The minimum Gasteiger partial charge on any atom is -0.396 e. The second-order valence-electron chi connectivity index (χ2n) is 12.4. The van der Waals surface area contributed by atoms with Crippen molar-refractivity contribution < 1.29 is 25.5 Å². The van der Waals surface area contributed by atoms with Crippen LogP contribution in [0.3, 0.4) is 0 Å². The fourth-order valence-corrected chi connectivity index (χ4v) is 5.70. The molecule has 40 heavy (non-hydrogen) atoms. The van der Waals surface area contributed by atoms with E-state index < -0.39 is 24.2 Å². The van der Waals surface area contributed by atoms with Crippen molar-refractivity contribution in [3.05, 3.63) is 0 Å². The highest BCUT2D eigenvalue weighted by Crippen LogP contribution is 2.18. The van der Waals surface area contributed by atoms with Crippen LogP contribution < -0.4 is 5.32 Å². The molecule has 0 amide bonds. The van der Waals surface area contributed by atoms with Gasteiger partial charge in [-0.15, -0.1) is 0 Å². The zero-order valence-electron chi connectivity index (χ0n) is 26.7. The lowest BCUT2D eigenvalue weighted by Crippen LogP contribution is -2.47. The summed E-state index contributed by atoms with van der Waals surface area (Å²) in [6.45, 7) is 4.41. The zero-order chi connectivity index (χ0) is 29.7. The Morgan fingerprint density at radius 2 is 0.850 bits per heavy atom. The van der Waals surface area contributed by atoms with Crippen LogP contribution in [0.5, 0.6) is 0 Å². The predicted molar refractivity (Wildman–Crippen MR) is 170 cm³/mol. The molecule has 0 aliphatic rings. The molecule has 0 saturated heterocycles. The third kappa shape index (κ3) is 23.3. The van der Waals surface area contributed by atoms with Gasteiger partial charge in [-0.25, -0.2) is 0 Å². The first-order valence-electron chi connectivity index (χ1n) is 17.5. The fraction of sp³-hybridized carbons (Fsp3) is 1.00. The maximum Gasteiger partial charge on any atom is 0.106 e. The summed E-state index contributed by atoms with van der Waals surface area (Å²) < 4.78 is 0. The van der Waals surface area contributed by atoms with Crippen molar-refractivity contribution >= 4 is 0 Å². The largest absolute Gasteiger partial charge is 0.396 e. The first-order valence-corrected chi connectivity index (χ1v) is 17.5. The predicted octanol–water partition coefficient (Wildman–Crippen LogP) is 7.03. The molecule has 0 aromatic heterocycles. The van der Waals surface area contributed by atoms with E-state index in [0.29, 0.717) is 12.6 Å². The summed E-state index contributed by atoms with van der Waals surface area (Å²) in [5.41, 5.74) is 0. The molecule has 0 aromatic carbocycles. The summed E-state index contributed by atoms with van der Waals surface area (Å²) in [5, 5.41) is 53.2. The van der Waals surface area contributed by atoms with Gasteiger partial charge in [-0.3, -0.25) is 0 Å². The van der Waals surface area contributed by atoms with Crippen LogP contribution in [-0.4, -0.2) is 69.6 Å². The maximum atomic E-state index is 10.5. The minimum absolute atomic E-state index is 0.00399. The summed E-state index contributed by atoms with van der Waals surface area (Å²) >= 11 is 0. The molecule has 6 N–H and O–H groups in total. The lowest BCUT2D eigenvalue weighted by molar-refractivity contribution is -0.0927. The number of nitrogens with one attached hydrogen (secondary N) is 1. The molecular formula is C34H71NO5. The number of hydrogen-bond donors (Lipinski definition) is 6. The van der Waals surface area contributed by atoms with Crippen LogP contribution >= 0.6 is 0 Å². The van der Waals surface area contributed by atoms with E-state index in [2.05, 4.69) is 19.2 Å². The summed E-state index contributed by atoms with van der Waals surface area (Å²) in [4.78, 5) is 0. The van der Waals surface area contributed by atoms with Crippen LogP contribution in [0.1, 0.15) is 168 Å². The summed E-state index contributed by atoms with van der Waals surface area (Å²) in [6, 6.07) is 0.341. The first kappa shape index (κ1) is 39.8. The van der Waals surface area contributed by atoms with Gasteiger partial charge >= 0.3 is 0 Å². The average molecular weight is 574 g/mol. The van der Waals surface area contributed by atoms with Gasteiger partial charge in [-0.1, -0.05) is 149 Å². The maximum absolute atomic E-state index is 10.5. The summed E-state index contributed by atoms with van der Waals surface area (Å²) in [5.74, 6) is -0.559. The molecule has 0 bridgehead atoms. The molecule has 0 aromatic rings. The number of hydrogen-bond acceptors (Lipinski definition) is 6. The van der Waals surface area contributed by atoms with Crippen molar-refractivity contribution in [1.82, 2.24) is 5.32 Å². The van der Waals surface area contributed by atoms with Gasteiger partial charge < -0.3 is 30.8 Å². The molecule has 0 radical (unpaired) electrons. The Hall–Kier alpha value is -0.240. The van der Waals surface area contributed by atoms with Gasteiger partial charge in [-0.2, -0.15) is 0 Å². The Morgan fingerprint density at radius 1 is 0.475 bits per heavy atom. The smallest absolute Gasteiger partial charge is 0.106 e. The number of aliphatic hydroxyl groups excluding tert-OH is 5. The van der Waals surface area contributed by atoms with Crippen molar-refractivity contribution in [3.63, 3.8) is 0 Å². The topological polar surface area (TPSA) is 113 Å². The Labute approximate surface area is 248 Å². The molecule has 5 atom stereocenters. The van der Waals surface area contributed by atoms with Gasteiger partial charge in [0.2, 0.25) is 0 Å². The van der Waals surface area contributed by atoms with Crippen LogP contribution in [-0.2, 0) is 0 Å². The van der Waals surface area contributed by atoms with E-state index in [4.69, 9.17) is 5.11 Å². The minimum atomic E-state index is -1.38. The lowest BCUT2D eigenvalue weighted by Gasteiger charge is -2.30. The normalized spacial score (nSPS) is 15.7. The summed E-state index contributed by atoms with van der Waals surface area (Å²) in [6.07, 6.45) is 26.2. The van der Waals surface area contributed by atoms with E-state index in [1.165, 1.54) is 135 Å². The van der Waals surface area contributed by atoms with Crippen LogP contribution in [0.2, 0.25) is 0 Å². The van der Waals surface area contributed by atoms with Gasteiger partial charge in [0.25, 0.3) is 0 Å². The quantitative estimate of drug-likeness (QED) is 0.0482. The molecule has 0 saturated carbocycles. The molecule has 0 fully saturated rings. The van der Waals surface area contributed by atoms with Gasteiger partial charge in [0, 0.05) is 31.7 Å². The highest BCUT2D eigenvalue weighted by Gasteiger charge is 2.31. The van der Waals surface area contributed by atoms with E-state index in [1.54, 1.807) is 0 Å². The number of rotatable bonds is 32. The SMILES string of the molecule is CCCCCCCCCCCCCC(CCCCCCCCCCCC)NCC(CO)C(O)C(O)C(O)CCO. The van der Waals surface area contributed by atoms with E-state index in [1.807, 2.05) is 0 Å². The highest BCUT2D eigenvalue weighted by molar-refractivity contribution is 4.83. The van der Waals surface area contributed by atoms with Gasteiger partial charge in [0.15, 0.2) is 0 Å². The Kier molecular flexibility index (Phi) is 30.0. The van der Waals surface area contributed by atoms with E-state index in [-0.39, 0.29) is 19.6 Å². The standard InChI is InChI=1S/C34H71NO5/c1-3-5-7-9-11-13-15-17-19-21-23-25-31(24-22-20-18-16-14-12-10-8-6-4-2)35-28-30(29-37)33(39)34(40)32(38)26-27-36/h30-40H,3-29H2,1-2H3. The Morgan fingerprint density at radius 3 is 1.20 bits per heavy atom. The van der Waals surface area contributed by atoms with Gasteiger partial charge in [0.1, 0.15) is 6.10 Å². The zero-order valence-corrected chi connectivity index (χ0v) is 26.7. The molecule has 0 heterocycles. The Bertz CT molecular complexity index is 495. The van der Waals surface area contributed by atoms with Crippen LogP contribution in [0.25, 0.3) is 0 Å². The van der Waals surface area contributed by atoms with Crippen molar-refractivity contribution in [3.8, 4) is 0 Å². The van der Waals surface area contributed by atoms with E-state index in [0.717, 1.165) is 12.8 Å². The van der Waals surface area contributed by atoms with Crippen molar-refractivity contribution in [2.45, 2.75) is 192 Å². The third-order valence-electron chi connectivity index (χ3n) is 8.62. The molecular weight excluding hydrogens is 502 g/mol. The van der Waals surface area contributed by atoms with Gasteiger partial charge in [-0.05, 0) is 19.3 Å². The van der Waals surface area contributed by atoms with Crippen molar-refractivity contribution in [2.75, 3.05) is 19.8 Å². The Balaban J connectivity index is 4.41. The van der Waals surface area contributed by atoms with Crippen molar-refractivity contribution in [1.29, 1.82) is 0 Å². The molecule has 242 valence electrons. The molecule has 6 heteroatoms. The van der Waals surface area contributed by atoms with Gasteiger partial charge in [0.05, 0.1) is 12.2 Å². The summed E-state index contributed by atoms with van der Waals surface area (Å²) in [7, 11) is 0. The second kappa shape index (κ2) is 30.2. The number of unbranched alkanes of at least 4 members (excludes halogenated alkanes) is 19. The second-order valence-corrected chi connectivity index (χ2v) is 12.4. The highest BCUT2D eigenvalue weighted by atomic mass is 16.4. The molecule has 0 aliphatic heterocycles. The first-order chi connectivity index (χ1) is 19.5. The van der Waals surface area contributed by atoms with Crippen LogP contribution in [0.4, 0.5) is 0 Å². The molecule has 6 nitrogen and oxygen atoms in total. The van der Waals surface area contributed by atoms with E-state index in [9.17, 15) is 20.4 Å².